The average molecular weight is 371 g/mol. The number of carbonyl (C=O) groups excluding carboxylic acids is 2. The molecule has 0 saturated heterocycles. The maximum Gasteiger partial charge on any atom is 0.330 e. The van der Waals surface area contributed by atoms with Gasteiger partial charge in [0.15, 0.2) is 12.1 Å². The number of benzene rings is 1. The average Bonchev–Trinajstić information content (AvgIpc) is 2.72. The third kappa shape index (κ3) is 5.27. The molecule has 2 rings (SSSR count). The second kappa shape index (κ2) is 9.91. The number of anilines is 1. The Morgan fingerprint density at radius 2 is 1.85 bits per heavy atom. The zero-order chi connectivity index (χ0) is 19.6. The Balaban J connectivity index is 2.46. The summed E-state index contributed by atoms with van der Waals surface area (Å²) < 4.78 is 14.9. The summed E-state index contributed by atoms with van der Waals surface area (Å²) in [6, 6.07) is 9.72. The van der Waals surface area contributed by atoms with E-state index in [9.17, 15) is 9.59 Å². The van der Waals surface area contributed by atoms with Gasteiger partial charge in [-0.3, -0.25) is 4.79 Å². The van der Waals surface area contributed by atoms with Crippen molar-refractivity contribution in [3.8, 4) is 11.9 Å². The van der Waals surface area contributed by atoms with E-state index in [1.807, 2.05) is 35.2 Å². The van der Waals surface area contributed by atoms with Gasteiger partial charge in [0.25, 0.3) is 0 Å². The minimum atomic E-state index is -0.469. The van der Waals surface area contributed by atoms with E-state index in [0.717, 1.165) is 5.56 Å². The smallest absolute Gasteiger partial charge is 0.330 e. The zero-order valence-electron chi connectivity index (χ0n) is 15.4. The second-order valence-corrected chi connectivity index (χ2v) is 5.37. The highest BCUT2D eigenvalue weighted by atomic mass is 16.5. The summed E-state index contributed by atoms with van der Waals surface area (Å²) in [5, 5.41) is 0. The maximum atomic E-state index is 11.7. The molecule has 0 aliphatic heterocycles. The quantitative estimate of drug-likeness (QED) is 0.376. The summed E-state index contributed by atoms with van der Waals surface area (Å²) in [5.41, 5.74) is 1.19. The third-order valence-electron chi connectivity index (χ3n) is 3.66. The first-order chi connectivity index (χ1) is 13.1. The maximum absolute atomic E-state index is 11.7. The van der Waals surface area contributed by atoms with Crippen LogP contribution in [-0.4, -0.2) is 50.1 Å². The number of hydrogen-bond donors (Lipinski definition) is 0. The molecule has 8 nitrogen and oxygen atoms in total. The van der Waals surface area contributed by atoms with Gasteiger partial charge in [0, 0.05) is 19.2 Å². The highest BCUT2D eigenvalue weighted by molar-refractivity contribution is 5.86. The molecule has 0 amide bonds. The summed E-state index contributed by atoms with van der Waals surface area (Å²) >= 11 is 0. The predicted octanol–water partition coefficient (Wildman–Crippen LogP) is 2.04. The summed E-state index contributed by atoms with van der Waals surface area (Å²) in [5.74, 6) is -0.0166. The van der Waals surface area contributed by atoms with Gasteiger partial charge in [-0.05, 0) is 5.56 Å². The van der Waals surface area contributed by atoms with E-state index < -0.39 is 5.97 Å². The molecule has 0 spiro atoms. The molecule has 142 valence electrons. The van der Waals surface area contributed by atoms with Crippen molar-refractivity contribution in [2.75, 3.05) is 32.8 Å². The molecule has 0 unspecified atom stereocenters. The fraction of sp³-hybridized carbons (Fsp3) is 0.263. The SMILES string of the molecule is COC(=O)/C=C/CN(Cc1ccccc1)c1nc(OC)nc(OC)c1C=O. The van der Waals surface area contributed by atoms with Crippen LogP contribution in [0.1, 0.15) is 15.9 Å². The molecule has 0 aliphatic rings. The second-order valence-electron chi connectivity index (χ2n) is 5.37. The number of methoxy groups -OCH3 is 3. The summed E-state index contributed by atoms with van der Waals surface area (Å²) in [6.07, 6.45) is 3.58. The number of nitrogens with zero attached hydrogens (tertiary/aromatic N) is 3. The van der Waals surface area contributed by atoms with Gasteiger partial charge in [-0.1, -0.05) is 36.4 Å². The van der Waals surface area contributed by atoms with E-state index in [-0.39, 0.29) is 17.5 Å². The van der Waals surface area contributed by atoms with Crippen molar-refractivity contribution in [1.29, 1.82) is 0 Å². The van der Waals surface area contributed by atoms with Crippen LogP contribution in [-0.2, 0) is 16.1 Å². The van der Waals surface area contributed by atoms with Crippen molar-refractivity contribution in [3.63, 3.8) is 0 Å². The summed E-state index contributed by atoms with van der Waals surface area (Å²) in [6.45, 7) is 0.741. The normalized spacial score (nSPS) is 10.5. The third-order valence-corrected chi connectivity index (χ3v) is 3.66. The molecule has 27 heavy (non-hydrogen) atoms. The number of carbonyl (C=O) groups is 2. The monoisotopic (exact) mass is 371 g/mol. The molecule has 8 heteroatoms. The molecule has 1 heterocycles. The van der Waals surface area contributed by atoms with Crippen LogP contribution < -0.4 is 14.4 Å². The first-order valence-electron chi connectivity index (χ1n) is 8.11. The van der Waals surface area contributed by atoms with E-state index in [4.69, 9.17) is 9.47 Å². The van der Waals surface area contributed by atoms with Crippen LogP contribution in [0.15, 0.2) is 42.5 Å². The van der Waals surface area contributed by atoms with Gasteiger partial charge in [0.1, 0.15) is 5.56 Å². The Morgan fingerprint density at radius 3 is 2.44 bits per heavy atom. The van der Waals surface area contributed by atoms with Crippen molar-refractivity contribution in [2.45, 2.75) is 6.54 Å². The molecule has 1 aromatic carbocycles. The highest BCUT2D eigenvalue weighted by Crippen LogP contribution is 2.28. The van der Waals surface area contributed by atoms with Gasteiger partial charge in [0.05, 0.1) is 21.3 Å². The Bertz CT molecular complexity index is 808. The minimum absolute atomic E-state index is 0.0717. The molecule has 0 bridgehead atoms. The molecular weight excluding hydrogens is 350 g/mol. The molecular formula is C19H21N3O5. The lowest BCUT2D eigenvalue weighted by molar-refractivity contribution is -0.134. The predicted molar refractivity (Wildman–Crippen MR) is 99.2 cm³/mol. The van der Waals surface area contributed by atoms with Crippen molar-refractivity contribution in [1.82, 2.24) is 9.97 Å². The van der Waals surface area contributed by atoms with Crippen molar-refractivity contribution >= 4 is 18.1 Å². The molecule has 0 radical (unpaired) electrons. The van der Waals surface area contributed by atoms with E-state index >= 15 is 0 Å². The Kier molecular flexibility index (Phi) is 7.30. The zero-order valence-corrected chi connectivity index (χ0v) is 15.4. The van der Waals surface area contributed by atoms with E-state index in [2.05, 4.69) is 14.7 Å². The van der Waals surface area contributed by atoms with Gasteiger partial charge in [-0.25, -0.2) is 4.79 Å². The van der Waals surface area contributed by atoms with Crippen LogP contribution in [0.5, 0.6) is 11.9 Å². The van der Waals surface area contributed by atoms with Crippen LogP contribution in [0, 0.1) is 0 Å². The standard InChI is InChI=1S/C19H21N3O5/c1-25-16(24)10-7-11-22(12-14-8-5-4-6-9-14)17-15(13-23)18(26-2)21-19(20-17)27-3/h4-10,13H,11-12H2,1-3H3/b10-7+. The Labute approximate surface area is 157 Å². The van der Waals surface area contributed by atoms with Gasteiger partial charge < -0.3 is 19.1 Å². The van der Waals surface area contributed by atoms with Gasteiger partial charge in [-0.2, -0.15) is 9.97 Å². The van der Waals surface area contributed by atoms with Gasteiger partial charge in [-0.15, -0.1) is 0 Å². The fourth-order valence-corrected chi connectivity index (χ4v) is 2.38. The van der Waals surface area contributed by atoms with Crippen molar-refractivity contribution in [2.24, 2.45) is 0 Å². The highest BCUT2D eigenvalue weighted by Gasteiger charge is 2.20. The molecule has 1 aromatic heterocycles. The first kappa shape index (κ1) is 19.9. The van der Waals surface area contributed by atoms with E-state index in [1.54, 1.807) is 6.08 Å². The lowest BCUT2D eigenvalue weighted by Crippen LogP contribution is -2.26. The van der Waals surface area contributed by atoms with Crippen LogP contribution in [0.3, 0.4) is 0 Å². The number of rotatable bonds is 9. The number of hydrogen-bond acceptors (Lipinski definition) is 8. The van der Waals surface area contributed by atoms with E-state index in [1.165, 1.54) is 27.4 Å². The lowest BCUT2D eigenvalue weighted by atomic mass is 10.2. The van der Waals surface area contributed by atoms with Crippen molar-refractivity contribution < 1.29 is 23.8 Å². The number of ether oxygens (including phenoxy) is 3. The summed E-state index contributed by atoms with van der Waals surface area (Å²) in [4.78, 5) is 33.2. The molecule has 0 aliphatic carbocycles. The molecule has 0 fully saturated rings. The van der Waals surface area contributed by atoms with Crippen LogP contribution in [0.4, 0.5) is 5.82 Å². The van der Waals surface area contributed by atoms with Gasteiger partial charge in [0.2, 0.25) is 5.88 Å². The number of esters is 1. The number of aromatic nitrogens is 2. The van der Waals surface area contributed by atoms with Crippen LogP contribution in [0.25, 0.3) is 0 Å². The van der Waals surface area contributed by atoms with Crippen molar-refractivity contribution in [3.05, 3.63) is 53.6 Å². The largest absolute Gasteiger partial charge is 0.480 e. The summed E-state index contributed by atoms with van der Waals surface area (Å²) in [7, 11) is 4.15. The molecule has 2 aromatic rings. The first-order valence-corrected chi connectivity index (χ1v) is 8.11. The topological polar surface area (TPSA) is 90.8 Å². The molecule has 0 atom stereocenters. The van der Waals surface area contributed by atoms with Crippen LogP contribution >= 0.6 is 0 Å². The number of aldehydes is 1. The molecule has 0 N–H and O–H groups in total. The minimum Gasteiger partial charge on any atom is -0.480 e. The molecule has 0 saturated carbocycles. The van der Waals surface area contributed by atoms with Crippen LogP contribution in [0.2, 0.25) is 0 Å². The van der Waals surface area contributed by atoms with E-state index in [0.29, 0.717) is 25.2 Å². The Morgan fingerprint density at radius 1 is 1.11 bits per heavy atom. The van der Waals surface area contributed by atoms with Gasteiger partial charge >= 0.3 is 12.0 Å². The lowest BCUT2D eigenvalue weighted by Gasteiger charge is -2.24. The Hall–Kier alpha value is -3.42. The fourth-order valence-electron chi connectivity index (χ4n) is 2.38.